The Labute approximate surface area is 162 Å². The third-order valence-corrected chi connectivity index (χ3v) is 5.04. The van der Waals surface area contributed by atoms with E-state index in [4.69, 9.17) is 0 Å². The molecule has 2 aromatic heterocycles. The Bertz CT molecular complexity index is 904. The number of nitrogens with zero attached hydrogens (tertiary/aromatic N) is 6. The Balaban J connectivity index is 1.69. The molecule has 0 saturated carbocycles. The van der Waals surface area contributed by atoms with E-state index in [1.807, 2.05) is 4.90 Å². The van der Waals surface area contributed by atoms with Crippen LogP contribution in [0.15, 0.2) is 18.3 Å². The van der Waals surface area contributed by atoms with Gasteiger partial charge < -0.3 is 9.80 Å². The molecule has 2 aromatic rings. The largest absolute Gasteiger partial charge is 0.354 e. The number of alkyl halides is 2. The van der Waals surface area contributed by atoms with E-state index in [9.17, 15) is 18.8 Å². The average molecular weight is 388 g/mol. The van der Waals surface area contributed by atoms with E-state index < -0.39 is 6.55 Å². The maximum atomic E-state index is 13.0. The second kappa shape index (κ2) is 8.33. The van der Waals surface area contributed by atoms with Crippen LogP contribution in [0.4, 0.5) is 14.6 Å². The molecule has 0 unspecified atom stereocenters. The summed E-state index contributed by atoms with van der Waals surface area (Å²) in [5.41, 5.74) is 1.84. The molecule has 7 nitrogen and oxygen atoms in total. The van der Waals surface area contributed by atoms with Crippen LogP contribution in [-0.2, 0) is 11.2 Å². The molecule has 1 fully saturated rings. The molecule has 1 aliphatic heterocycles. The lowest BCUT2D eigenvalue weighted by molar-refractivity contribution is -0.130. The molecule has 9 heteroatoms. The number of halogens is 2. The first-order chi connectivity index (χ1) is 13.4. The first-order valence-electron chi connectivity index (χ1n) is 9.13. The fraction of sp³-hybridized carbons (Fsp3) is 0.474. The van der Waals surface area contributed by atoms with Gasteiger partial charge in [0.25, 0.3) is 0 Å². The normalized spacial score (nSPS) is 14.9. The van der Waals surface area contributed by atoms with Crippen molar-refractivity contribution in [2.75, 3.05) is 31.1 Å². The van der Waals surface area contributed by atoms with Crippen molar-refractivity contribution in [2.24, 2.45) is 0 Å². The Morgan fingerprint density at radius 2 is 2.07 bits per heavy atom. The summed E-state index contributed by atoms with van der Waals surface area (Å²) in [5.74, 6) is 0.521. The van der Waals surface area contributed by atoms with Crippen molar-refractivity contribution in [3.8, 4) is 6.07 Å². The number of aromatic nitrogens is 3. The highest BCUT2D eigenvalue weighted by atomic mass is 19.3. The number of aryl methyl sites for hydroxylation is 1. The minimum absolute atomic E-state index is 0.0530. The van der Waals surface area contributed by atoms with Crippen molar-refractivity contribution in [3.63, 3.8) is 0 Å². The predicted octanol–water partition coefficient (Wildman–Crippen LogP) is 2.44. The molecule has 0 atom stereocenters. The summed E-state index contributed by atoms with van der Waals surface area (Å²) < 4.78 is 26.7. The summed E-state index contributed by atoms with van der Waals surface area (Å²) in [5, 5.41) is 13.1. The van der Waals surface area contributed by atoms with Gasteiger partial charge in [0.05, 0.1) is 17.7 Å². The smallest absolute Gasteiger partial charge is 0.333 e. The summed E-state index contributed by atoms with van der Waals surface area (Å²) >= 11 is 0. The van der Waals surface area contributed by atoms with Gasteiger partial charge >= 0.3 is 6.55 Å². The number of hydrogen-bond donors (Lipinski definition) is 0. The molecule has 1 saturated heterocycles. The van der Waals surface area contributed by atoms with Gasteiger partial charge in [-0.05, 0) is 32.4 Å². The van der Waals surface area contributed by atoms with Gasteiger partial charge in [0.15, 0.2) is 0 Å². The van der Waals surface area contributed by atoms with Crippen molar-refractivity contribution in [1.29, 1.82) is 5.26 Å². The molecule has 148 valence electrons. The average Bonchev–Trinajstić information content (AvgIpc) is 2.87. The van der Waals surface area contributed by atoms with Crippen LogP contribution in [0.1, 0.15) is 35.5 Å². The van der Waals surface area contributed by atoms with Crippen LogP contribution in [0.2, 0.25) is 0 Å². The Morgan fingerprint density at radius 3 is 2.75 bits per heavy atom. The second-order valence-corrected chi connectivity index (χ2v) is 6.76. The lowest BCUT2D eigenvalue weighted by Crippen LogP contribution is -2.36. The number of carbonyl (C=O) groups is 1. The molecule has 3 heterocycles. The van der Waals surface area contributed by atoms with E-state index in [1.54, 1.807) is 37.1 Å². The molecule has 1 aliphatic rings. The molecule has 0 radical (unpaired) electrons. The van der Waals surface area contributed by atoms with Gasteiger partial charge in [-0.25, -0.2) is 9.67 Å². The number of carbonyl (C=O) groups excluding carboxylic acids is 1. The summed E-state index contributed by atoms with van der Waals surface area (Å²) in [7, 11) is 0. The number of amides is 1. The molecule has 0 aromatic carbocycles. The van der Waals surface area contributed by atoms with E-state index in [-0.39, 0.29) is 12.3 Å². The Hall–Kier alpha value is -3.02. The van der Waals surface area contributed by atoms with Crippen LogP contribution in [0, 0.1) is 25.2 Å². The maximum Gasteiger partial charge on any atom is 0.333 e. The number of anilines is 1. The first kappa shape index (κ1) is 19.7. The molecule has 1 amide bonds. The lowest BCUT2D eigenvalue weighted by Gasteiger charge is -2.23. The molecule has 28 heavy (non-hydrogen) atoms. The topological polar surface area (TPSA) is 78.1 Å². The maximum absolute atomic E-state index is 13.0. The van der Waals surface area contributed by atoms with E-state index in [0.717, 1.165) is 6.42 Å². The fourth-order valence-electron chi connectivity index (χ4n) is 3.52. The summed E-state index contributed by atoms with van der Waals surface area (Å²) in [6.45, 7) is 2.80. The highest BCUT2D eigenvalue weighted by Gasteiger charge is 2.24. The third kappa shape index (κ3) is 3.96. The third-order valence-electron chi connectivity index (χ3n) is 5.04. The molecule has 0 bridgehead atoms. The molecular weight excluding hydrogens is 366 g/mol. The van der Waals surface area contributed by atoms with E-state index in [0.29, 0.717) is 59.2 Å². The monoisotopic (exact) mass is 388 g/mol. The van der Waals surface area contributed by atoms with Gasteiger partial charge in [-0.3, -0.25) is 4.79 Å². The van der Waals surface area contributed by atoms with Crippen molar-refractivity contribution in [2.45, 2.75) is 33.2 Å². The second-order valence-electron chi connectivity index (χ2n) is 6.76. The summed E-state index contributed by atoms with van der Waals surface area (Å²) in [6.07, 6.45) is 2.44. The first-order valence-corrected chi connectivity index (χ1v) is 9.13. The zero-order chi connectivity index (χ0) is 20.3. The van der Waals surface area contributed by atoms with Crippen LogP contribution in [0.5, 0.6) is 0 Å². The number of hydrogen-bond acceptors (Lipinski definition) is 5. The Kier molecular flexibility index (Phi) is 5.87. The van der Waals surface area contributed by atoms with Gasteiger partial charge in [-0.2, -0.15) is 19.1 Å². The van der Waals surface area contributed by atoms with E-state index >= 15 is 0 Å². The van der Waals surface area contributed by atoms with Crippen molar-refractivity contribution < 1.29 is 13.6 Å². The minimum Gasteiger partial charge on any atom is -0.354 e. The van der Waals surface area contributed by atoms with Crippen LogP contribution in [0.25, 0.3) is 0 Å². The van der Waals surface area contributed by atoms with Crippen LogP contribution >= 0.6 is 0 Å². The molecule has 0 N–H and O–H groups in total. The fourth-order valence-corrected chi connectivity index (χ4v) is 3.52. The molecule has 3 rings (SSSR count). The predicted molar refractivity (Wildman–Crippen MR) is 99.0 cm³/mol. The number of nitriles is 1. The van der Waals surface area contributed by atoms with Gasteiger partial charge in [-0.1, -0.05) is 0 Å². The standard InChI is InChI=1S/C19H22F2N6O/c1-13-16(14(2)27(24-13)19(20)21)11-17(28)25-7-4-8-26(10-9-25)18-15(12-22)5-3-6-23-18/h3,5-6,19H,4,7-11H2,1-2H3. The minimum atomic E-state index is -2.72. The van der Waals surface area contributed by atoms with E-state index in [1.165, 1.54) is 0 Å². The van der Waals surface area contributed by atoms with Crippen LogP contribution in [0.3, 0.4) is 0 Å². The zero-order valence-electron chi connectivity index (χ0n) is 15.9. The zero-order valence-corrected chi connectivity index (χ0v) is 15.9. The highest BCUT2D eigenvalue weighted by Crippen LogP contribution is 2.22. The van der Waals surface area contributed by atoms with Crippen LogP contribution < -0.4 is 4.90 Å². The van der Waals surface area contributed by atoms with Crippen LogP contribution in [-0.4, -0.2) is 51.8 Å². The SMILES string of the molecule is Cc1nn(C(F)F)c(C)c1CC(=O)N1CCCN(c2ncccc2C#N)CC1. The molecule has 0 spiro atoms. The highest BCUT2D eigenvalue weighted by molar-refractivity contribution is 5.79. The summed E-state index contributed by atoms with van der Waals surface area (Å²) in [4.78, 5) is 20.9. The van der Waals surface area contributed by atoms with Crippen molar-refractivity contribution in [3.05, 3.63) is 40.8 Å². The van der Waals surface area contributed by atoms with Crippen molar-refractivity contribution >= 4 is 11.7 Å². The Morgan fingerprint density at radius 1 is 1.29 bits per heavy atom. The number of rotatable bonds is 4. The molecule has 0 aliphatic carbocycles. The van der Waals surface area contributed by atoms with Gasteiger partial charge in [-0.15, -0.1) is 0 Å². The summed E-state index contributed by atoms with van der Waals surface area (Å²) in [6, 6.07) is 5.60. The van der Waals surface area contributed by atoms with Gasteiger partial charge in [0.2, 0.25) is 5.91 Å². The molecular formula is C19H22F2N6O. The van der Waals surface area contributed by atoms with E-state index in [2.05, 4.69) is 16.2 Å². The van der Waals surface area contributed by atoms with Crippen molar-refractivity contribution in [1.82, 2.24) is 19.7 Å². The lowest BCUT2D eigenvalue weighted by atomic mass is 10.1. The number of pyridine rings is 1. The quantitative estimate of drug-likeness (QED) is 0.804. The van der Waals surface area contributed by atoms with Gasteiger partial charge in [0, 0.05) is 43.6 Å². The van der Waals surface area contributed by atoms with Gasteiger partial charge in [0.1, 0.15) is 11.9 Å².